The normalized spacial score (nSPS) is 11.9. The Kier molecular flexibility index (Phi) is 5.24. The molecule has 17 heavy (non-hydrogen) atoms. The van der Waals surface area contributed by atoms with Crippen LogP contribution in [-0.2, 0) is 4.79 Å². The molecule has 1 aromatic rings. The second-order valence-corrected chi connectivity index (χ2v) is 4.42. The molecule has 0 heterocycles. The van der Waals surface area contributed by atoms with Crippen molar-refractivity contribution in [2.24, 2.45) is 5.73 Å². The average molecular weight is 303 g/mol. The third kappa shape index (κ3) is 4.24. The minimum atomic E-state index is -0.993. The predicted octanol–water partition coefficient (Wildman–Crippen LogP) is 1.67. The number of methoxy groups -OCH3 is 1. The number of hydrogen-bond donors (Lipinski definition) is 3. The fourth-order valence-electron chi connectivity index (χ4n) is 1.30. The first-order valence-corrected chi connectivity index (χ1v) is 5.89. The number of hydrogen-bond acceptors (Lipinski definition) is 4. The van der Waals surface area contributed by atoms with Gasteiger partial charge in [-0.15, -0.1) is 0 Å². The molecule has 0 saturated carbocycles. The molecule has 0 amide bonds. The number of nitrogens with two attached hydrogens (primary N) is 1. The van der Waals surface area contributed by atoms with E-state index >= 15 is 0 Å². The van der Waals surface area contributed by atoms with Gasteiger partial charge in [-0.3, -0.25) is 4.79 Å². The highest BCUT2D eigenvalue weighted by Gasteiger charge is 2.11. The summed E-state index contributed by atoms with van der Waals surface area (Å²) in [6, 6.07) is 4.71. The summed E-state index contributed by atoms with van der Waals surface area (Å²) in [5.74, 6) is -0.287. The Hall–Kier alpha value is -1.27. The summed E-state index contributed by atoms with van der Waals surface area (Å²) in [6.45, 7) is 0.472. The van der Waals surface area contributed by atoms with Crippen molar-refractivity contribution < 1.29 is 14.6 Å². The molecular formula is C11H15BrN2O3. The number of benzene rings is 1. The zero-order valence-corrected chi connectivity index (χ0v) is 11.0. The summed E-state index contributed by atoms with van der Waals surface area (Å²) in [5.41, 5.74) is 6.21. The molecule has 1 unspecified atom stereocenters. The van der Waals surface area contributed by atoms with Crippen LogP contribution in [0.4, 0.5) is 5.69 Å². The monoisotopic (exact) mass is 302 g/mol. The van der Waals surface area contributed by atoms with Gasteiger partial charge in [-0.2, -0.15) is 0 Å². The number of rotatable bonds is 6. The number of carboxylic acid groups (broad SMARTS) is 1. The van der Waals surface area contributed by atoms with Gasteiger partial charge in [0.25, 0.3) is 0 Å². The fourth-order valence-corrected chi connectivity index (χ4v) is 1.67. The second-order valence-electron chi connectivity index (χ2n) is 3.50. The van der Waals surface area contributed by atoms with Gasteiger partial charge in [-0.05, 0) is 24.6 Å². The number of ether oxygens (including phenoxy) is 1. The number of anilines is 1. The summed E-state index contributed by atoms with van der Waals surface area (Å²) in [7, 11) is 1.58. The maximum atomic E-state index is 10.5. The van der Waals surface area contributed by atoms with Gasteiger partial charge >= 0.3 is 5.97 Å². The molecule has 0 fully saturated rings. The predicted molar refractivity (Wildman–Crippen MR) is 69.4 cm³/mol. The Morgan fingerprint density at radius 1 is 1.65 bits per heavy atom. The van der Waals surface area contributed by atoms with E-state index in [0.29, 0.717) is 18.7 Å². The molecule has 0 radical (unpaired) electrons. The molecule has 4 N–H and O–H groups in total. The van der Waals surface area contributed by atoms with Gasteiger partial charge in [0.1, 0.15) is 11.8 Å². The summed E-state index contributed by atoms with van der Waals surface area (Å²) in [6.07, 6.45) is 0.352. The van der Waals surface area contributed by atoms with Crippen molar-refractivity contribution in [2.45, 2.75) is 12.5 Å². The van der Waals surface area contributed by atoms with Crippen LogP contribution in [0.3, 0.4) is 0 Å². The van der Waals surface area contributed by atoms with Crippen molar-refractivity contribution >= 4 is 27.6 Å². The van der Waals surface area contributed by atoms with E-state index in [-0.39, 0.29) is 0 Å². The smallest absolute Gasteiger partial charge is 0.320 e. The lowest BCUT2D eigenvalue weighted by Gasteiger charge is -2.12. The minimum Gasteiger partial charge on any atom is -0.495 e. The van der Waals surface area contributed by atoms with Gasteiger partial charge < -0.3 is 20.9 Å². The van der Waals surface area contributed by atoms with Crippen LogP contribution in [0.2, 0.25) is 0 Å². The molecule has 0 aromatic heterocycles. The Balaban J connectivity index is 2.56. The Bertz CT molecular complexity index is 398. The fraction of sp³-hybridized carbons (Fsp3) is 0.364. The highest BCUT2D eigenvalue weighted by molar-refractivity contribution is 9.10. The van der Waals surface area contributed by atoms with Crippen LogP contribution >= 0.6 is 15.9 Å². The molecule has 94 valence electrons. The van der Waals surface area contributed by atoms with E-state index in [9.17, 15) is 4.79 Å². The maximum Gasteiger partial charge on any atom is 0.320 e. The molecule has 0 bridgehead atoms. The van der Waals surface area contributed by atoms with E-state index in [4.69, 9.17) is 15.6 Å². The second kappa shape index (κ2) is 6.46. The van der Waals surface area contributed by atoms with Crippen molar-refractivity contribution in [2.75, 3.05) is 19.0 Å². The van der Waals surface area contributed by atoms with Gasteiger partial charge in [0, 0.05) is 11.0 Å². The lowest BCUT2D eigenvalue weighted by molar-refractivity contribution is -0.138. The number of aliphatic carboxylic acids is 1. The van der Waals surface area contributed by atoms with Gasteiger partial charge in [0.2, 0.25) is 0 Å². The number of halogens is 1. The number of carboxylic acids is 1. The number of carbonyl (C=O) groups is 1. The van der Waals surface area contributed by atoms with Crippen LogP contribution in [0.25, 0.3) is 0 Å². The standard InChI is InChI=1S/C11H15BrN2O3/c1-17-10-3-2-7(12)6-9(10)14-5-4-8(13)11(15)16/h2-3,6,8,14H,4-5,13H2,1H3,(H,15,16). The lowest BCUT2D eigenvalue weighted by atomic mass is 10.2. The Morgan fingerprint density at radius 2 is 2.35 bits per heavy atom. The van der Waals surface area contributed by atoms with E-state index in [1.807, 2.05) is 18.2 Å². The lowest BCUT2D eigenvalue weighted by Crippen LogP contribution is -2.32. The first kappa shape index (κ1) is 13.8. The van der Waals surface area contributed by atoms with Crippen molar-refractivity contribution in [3.05, 3.63) is 22.7 Å². The molecule has 1 atom stereocenters. The summed E-state index contributed by atoms with van der Waals surface area (Å²) < 4.78 is 6.09. The van der Waals surface area contributed by atoms with E-state index in [0.717, 1.165) is 10.2 Å². The van der Waals surface area contributed by atoms with Crippen LogP contribution < -0.4 is 15.8 Å². The van der Waals surface area contributed by atoms with Crippen molar-refractivity contribution in [1.82, 2.24) is 0 Å². The third-order valence-corrected chi connectivity index (χ3v) is 2.74. The summed E-state index contributed by atoms with van der Waals surface area (Å²) in [5, 5.41) is 11.7. The van der Waals surface area contributed by atoms with E-state index in [1.165, 1.54) is 0 Å². The van der Waals surface area contributed by atoms with Gasteiger partial charge in [0.05, 0.1) is 12.8 Å². The van der Waals surface area contributed by atoms with E-state index in [1.54, 1.807) is 7.11 Å². The van der Waals surface area contributed by atoms with E-state index in [2.05, 4.69) is 21.2 Å². The molecular weight excluding hydrogens is 288 g/mol. The van der Waals surface area contributed by atoms with Gasteiger partial charge in [0.15, 0.2) is 0 Å². The van der Waals surface area contributed by atoms with Crippen LogP contribution in [0.1, 0.15) is 6.42 Å². The van der Waals surface area contributed by atoms with Crippen LogP contribution in [0.15, 0.2) is 22.7 Å². The first-order valence-electron chi connectivity index (χ1n) is 5.10. The summed E-state index contributed by atoms with van der Waals surface area (Å²) in [4.78, 5) is 10.5. The minimum absolute atomic E-state index is 0.352. The van der Waals surface area contributed by atoms with Crippen molar-refractivity contribution in [3.8, 4) is 5.75 Å². The quantitative estimate of drug-likeness (QED) is 0.744. The highest BCUT2D eigenvalue weighted by atomic mass is 79.9. The molecule has 0 spiro atoms. The Labute approximate surface area is 108 Å². The molecule has 6 heteroatoms. The third-order valence-electron chi connectivity index (χ3n) is 2.25. The number of nitrogens with one attached hydrogen (secondary N) is 1. The SMILES string of the molecule is COc1ccc(Br)cc1NCCC(N)C(=O)O. The molecule has 1 rings (SSSR count). The van der Waals surface area contributed by atoms with Crippen LogP contribution in [0.5, 0.6) is 5.75 Å². The average Bonchev–Trinajstić information content (AvgIpc) is 2.29. The van der Waals surface area contributed by atoms with Crippen LogP contribution in [-0.4, -0.2) is 30.8 Å². The van der Waals surface area contributed by atoms with Crippen LogP contribution in [0, 0.1) is 0 Å². The van der Waals surface area contributed by atoms with Gasteiger partial charge in [-0.25, -0.2) is 0 Å². The molecule has 5 nitrogen and oxygen atoms in total. The first-order chi connectivity index (χ1) is 8.04. The van der Waals surface area contributed by atoms with Crippen molar-refractivity contribution in [1.29, 1.82) is 0 Å². The zero-order chi connectivity index (χ0) is 12.8. The molecule has 1 aromatic carbocycles. The molecule has 0 aliphatic carbocycles. The van der Waals surface area contributed by atoms with E-state index < -0.39 is 12.0 Å². The maximum absolute atomic E-state index is 10.5. The summed E-state index contributed by atoms with van der Waals surface area (Å²) >= 11 is 3.36. The topological polar surface area (TPSA) is 84.6 Å². The molecule has 0 saturated heterocycles. The molecule has 0 aliphatic rings. The highest BCUT2D eigenvalue weighted by Crippen LogP contribution is 2.27. The molecule has 0 aliphatic heterocycles. The van der Waals surface area contributed by atoms with Gasteiger partial charge in [-0.1, -0.05) is 15.9 Å². The van der Waals surface area contributed by atoms with Crippen molar-refractivity contribution in [3.63, 3.8) is 0 Å². The Morgan fingerprint density at radius 3 is 2.94 bits per heavy atom. The zero-order valence-electron chi connectivity index (χ0n) is 9.44. The largest absolute Gasteiger partial charge is 0.495 e.